The topological polar surface area (TPSA) is 105 Å². The summed E-state index contributed by atoms with van der Waals surface area (Å²) in [5.41, 5.74) is 1.83. The number of benzene rings is 2. The molecule has 0 aliphatic heterocycles. The van der Waals surface area contributed by atoms with Crippen LogP contribution in [0.15, 0.2) is 87.8 Å². The molecule has 0 fully saturated rings. The Kier molecular flexibility index (Phi) is 7.58. The van der Waals surface area contributed by atoms with Crippen LogP contribution in [-0.4, -0.2) is 40.2 Å². The average molecular weight is 440 g/mol. The van der Waals surface area contributed by atoms with Crippen LogP contribution in [0.5, 0.6) is 5.75 Å². The number of nitrogens with zero attached hydrogens (tertiary/aromatic N) is 2. The summed E-state index contributed by atoms with van der Waals surface area (Å²) in [6.45, 7) is 0.510. The normalized spacial score (nSPS) is 12.5. The fraction of sp³-hybridized carbons (Fsp3) is 0.182. The van der Waals surface area contributed by atoms with Gasteiger partial charge in [0.15, 0.2) is 6.29 Å². The monoisotopic (exact) mass is 439 g/mol. The summed E-state index contributed by atoms with van der Waals surface area (Å²) in [7, 11) is -0.370. The average Bonchev–Trinajstić information content (AvgIpc) is 2.81. The molecule has 0 saturated carbocycles. The van der Waals surface area contributed by atoms with Crippen LogP contribution in [0.25, 0.3) is 0 Å². The molecule has 8 nitrogen and oxygen atoms in total. The van der Waals surface area contributed by atoms with Crippen molar-refractivity contribution in [3.8, 4) is 5.75 Å². The summed E-state index contributed by atoms with van der Waals surface area (Å²) in [5, 5.41) is 9.73. The maximum atomic E-state index is 12.8. The number of pyridine rings is 1. The van der Waals surface area contributed by atoms with Crippen LogP contribution in [0.4, 0.5) is 5.69 Å². The zero-order valence-electron chi connectivity index (χ0n) is 17.3. The summed E-state index contributed by atoms with van der Waals surface area (Å²) in [6, 6.07) is 16.9. The summed E-state index contributed by atoms with van der Waals surface area (Å²) in [4.78, 5) is 8.42. The van der Waals surface area contributed by atoms with E-state index in [1.54, 1.807) is 74.3 Å². The molecule has 0 bridgehead atoms. The number of rotatable bonds is 10. The van der Waals surface area contributed by atoms with Crippen molar-refractivity contribution in [1.29, 1.82) is 0 Å². The van der Waals surface area contributed by atoms with E-state index >= 15 is 0 Å². The molecule has 1 unspecified atom stereocenters. The minimum Gasteiger partial charge on any atom is -0.497 e. The van der Waals surface area contributed by atoms with E-state index in [2.05, 4.69) is 25.9 Å². The third-order valence-electron chi connectivity index (χ3n) is 4.48. The van der Waals surface area contributed by atoms with E-state index < -0.39 is 9.84 Å². The molecule has 31 heavy (non-hydrogen) atoms. The van der Waals surface area contributed by atoms with E-state index in [9.17, 15) is 8.42 Å². The minimum atomic E-state index is -3.59. The predicted octanol–water partition coefficient (Wildman–Crippen LogP) is 2.66. The first-order valence-corrected chi connectivity index (χ1v) is 11.1. The van der Waals surface area contributed by atoms with Crippen molar-refractivity contribution >= 4 is 21.9 Å². The molecule has 0 aliphatic carbocycles. The zero-order chi connectivity index (χ0) is 22.1. The van der Waals surface area contributed by atoms with Crippen LogP contribution in [-0.2, 0) is 16.4 Å². The summed E-state index contributed by atoms with van der Waals surface area (Å²) in [6.07, 6.45) is 4.72. The van der Waals surface area contributed by atoms with Gasteiger partial charge in [-0.2, -0.15) is 0 Å². The van der Waals surface area contributed by atoms with Crippen LogP contribution >= 0.6 is 0 Å². The smallest absolute Gasteiger partial charge is 0.206 e. The maximum Gasteiger partial charge on any atom is 0.206 e. The number of aromatic nitrogens is 1. The van der Waals surface area contributed by atoms with Crippen molar-refractivity contribution in [3.05, 3.63) is 78.6 Å². The number of methoxy groups -OCH3 is 1. The molecule has 1 atom stereocenters. The van der Waals surface area contributed by atoms with Gasteiger partial charge in [-0.25, -0.2) is 8.42 Å². The van der Waals surface area contributed by atoms with Gasteiger partial charge in [-0.1, -0.05) is 12.1 Å². The summed E-state index contributed by atoms with van der Waals surface area (Å²) >= 11 is 0. The molecule has 0 aliphatic rings. The van der Waals surface area contributed by atoms with Gasteiger partial charge in [0.05, 0.1) is 23.2 Å². The number of hydrogen-bond acceptors (Lipinski definition) is 7. The number of hydrogen-bond donors (Lipinski definition) is 3. The third kappa shape index (κ3) is 6.03. The Labute approximate surface area is 182 Å². The quantitative estimate of drug-likeness (QED) is 0.253. The molecule has 3 aromatic rings. The Morgan fingerprint density at radius 2 is 1.61 bits per heavy atom. The van der Waals surface area contributed by atoms with Gasteiger partial charge in [0.1, 0.15) is 5.75 Å². The summed E-state index contributed by atoms with van der Waals surface area (Å²) in [5.74, 6) is 0.608. The van der Waals surface area contributed by atoms with Crippen molar-refractivity contribution in [1.82, 2.24) is 15.6 Å². The second kappa shape index (κ2) is 10.6. The van der Waals surface area contributed by atoms with E-state index in [4.69, 9.17) is 4.74 Å². The number of anilines is 1. The molecule has 0 amide bonds. The molecule has 1 aromatic heterocycles. The fourth-order valence-corrected chi connectivity index (χ4v) is 4.07. The Bertz CT molecular complexity index is 1090. The summed E-state index contributed by atoms with van der Waals surface area (Å²) < 4.78 is 30.8. The van der Waals surface area contributed by atoms with Gasteiger partial charge >= 0.3 is 0 Å². The van der Waals surface area contributed by atoms with Gasteiger partial charge in [0.25, 0.3) is 0 Å². The zero-order valence-corrected chi connectivity index (χ0v) is 18.1. The van der Waals surface area contributed by atoms with E-state index in [-0.39, 0.29) is 16.1 Å². The van der Waals surface area contributed by atoms with Gasteiger partial charge in [-0.15, -0.1) is 0 Å². The Balaban J connectivity index is 1.66. The maximum absolute atomic E-state index is 12.8. The predicted molar refractivity (Wildman–Crippen MR) is 121 cm³/mol. The molecule has 0 spiro atoms. The highest BCUT2D eigenvalue weighted by Gasteiger charge is 2.17. The Morgan fingerprint density at radius 3 is 2.19 bits per heavy atom. The van der Waals surface area contributed by atoms with Crippen molar-refractivity contribution < 1.29 is 13.2 Å². The fourth-order valence-electron chi connectivity index (χ4n) is 2.81. The lowest BCUT2D eigenvalue weighted by Gasteiger charge is -2.21. The molecule has 0 saturated heterocycles. The lowest BCUT2D eigenvalue weighted by atomic mass is 10.2. The highest BCUT2D eigenvalue weighted by molar-refractivity contribution is 7.91. The van der Waals surface area contributed by atoms with Crippen LogP contribution in [0.3, 0.4) is 0 Å². The van der Waals surface area contributed by atoms with Crippen LogP contribution < -0.4 is 20.7 Å². The van der Waals surface area contributed by atoms with Crippen molar-refractivity contribution in [2.24, 2.45) is 4.99 Å². The van der Waals surface area contributed by atoms with Crippen LogP contribution in [0.1, 0.15) is 5.56 Å². The first-order chi connectivity index (χ1) is 15.0. The van der Waals surface area contributed by atoms with Gasteiger partial charge in [-0.05, 0) is 54.1 Å². The molecular formula is C22H25N5O3S. The van der Waals surface area contributed by atoms with E-state index in [1.165, 1.54) is 7.11 Å². The van der Waals surface area contributed by atoms with Gasteiger partial charge in [-0.3, -0.25) is 15.3 Å². The largest absolute Gasteiger partial charge is 0.497 e. The molecule has 162 valence electrons. The second-order valence-electron chi connectivity index (χ2n) is 6.57. The third-order valence-corrected chi connectivity index (χ3v) is 6.26. The standard InChI is InChI=1S/C22H25N5O3S/c1-23-16-26-22(27-18-11-13-24-14-12-18)25-15-17-3-7-20(8-4-17)31(28,29)21-9-5-19(30-2)6-10-21/h3-14,16,22,25H,15H2,1-2H3,(H,23,26)(H,24,27). The lowest BCUT2D eigenvalue weighted by Crippen LogP contribution is -2.47. The molecule has 2 aromatic carbocycles. The lowest BCUT2D eigenvalue weighted by molar-refractivity contribution is 0.414. The number of nitrogens with one attached hydrogen (secondary N) is 3. The van der Waals surface area contributed by atoms with Crippen LogP contribution in [0.2, 0.25) is 0 Å². The van der Waals surface area contributed by atoms with E-state index in [0.717, 1.165) is 11.3 Å². The highest BCUT2D eigenvalue weighted by Crippen LogP contribution is 2.23. The number of ether oxygens (including phenoxy) is 1. The molecular weight excluding hydrogens is 414 g/mol. The molecule has 1 heterocycles. The Morgan fingerprint density at radius 1 is 1.00 bits per heavy atom. The van der Waals surface area contributed by atoms with E-state index in [1.807, 2.05) is 12.1 Å². The SMILES string of the molecule is CN=CNC(NCc1ccc(S(=O)(=O)c2ccc(OC)cc2)cc1)Nc1ccncc1. The van der Waals surface area contributed by atoms with Gasteiger partial charge < -0.3 is 15.4 Å². The molecule has 3 N–H and O–H groups in total. The molecule has 0 radical (unpaired) electrons. The second-order valence-corrected chi connectivity index (χ2v) is 8.52. The number of sulfone groups is 1. The van der Waals surface area contributed by atoms with E-state index in [0.29, 0.717) is 12.3 Å². The van der Waals surface area contributed by atoms with Crippen molar-refractivity contribution in [2.75, 3.05) is 19.5 Å². The highest BCUT2D eigenvalue weighted by atomic mass is 32.2. The number of aliphatic imine (C=N–C) groups is 1. The minimum absolute atomic E-state index is 0.226. The van der Waals surface area contributed by atoms with Crippen molar-refractivity contribution in [2.45, 2.75) is 22.6 Å². The first kappa shape index (κ1) is 22.3. The van der Waals surface area contributed by atoms with Gasteiger partial charge in [0, 0.05) is 31.7 Å². The Hall–Kier alpha value is -3.43. The van der Waals surface area contributed by atoms with Gasteiger partial charge in [0.2, 0.25) is 9.84 Å². The molecule has 3 rings (SSSR count). The van der Waals surface area contributed by atoms with Crippen molar-refractivity contribution in [3.63, 3.8) is 0 Å². The van der Waals surface area contributed by atoms with Crippen LogP contribution in [0, 0.1) is 0 Å². The first-order valence-electron chi connectivity index (χ1n) is 9.57. The molecule has 9 heteroatoms.